The molecule has 3 aromatic rings. The Hall–Kier alpha value is -2.15. The molecule has 4 rings (SSSR count). The highest BCUT2D eigenvalue weighted by molar-refractivity contribution is 9.10. The molecule has 0 saturated heterocycles. The lowest BCUT2D eigenvalue weighted by molar-refractivity contribution is 0.670. The normalized spacial score (nSPS) is 14.4. The van der Waals surface area contributed by atoms with Gasteiger partial charge in [0.2, 0.25) is 0 Å². The van der Waals surface area contributed by atoms with E-state index in [1.165, 1.54) is 0 Å². The maximum absolute atomic E-state index is 12.4. The van der Waals surface area contributed by atoms with Crippen LogP contribution in [-0.2, 0) is 6.54 Å². The first-order chi connectivity index (χ1) is 10.7. The lowest BCUT2D eigenvalue weighted by atomic mass is 10.4. The van der Waals surface area contributed by atoms with Gasteiger partial charge in [0.25, 0.3) is 0 Å². The fourth-order valence-electron chi connectivity index (χ4n) is 2.47. The fourth-order valence-corrected chi connectivity index (χ4v) is 2.84. The lowest BCUT2D eigenvalue weighted by Crippen LogP contribution is -2.24. The van der Waals surface area contributed by atoms with Crippen LogP contribution in [0.15, 0.2) is 46.2 Å². The van der Waals surface area contributed by atoms with E-state index in [4.69, 9.17) is 0 Å². The third kappa shape index (κ3) is 2.52. The van der Waals surface area contributed by atoms with E-state index in [0.717, 1.165) is 28.8 Å². The third-order valence-electron chi connectivity index (χ3n) is 3.73. The van der Waals surface area contributed by atoms with Crippen LogP contribution in [0.5, 0.6) is 0 Å². The maximum Gasteiger partial charge on any atom is 0.334 e. The van der Waals surface area contributed by atoms with E-state index in [0.29, 0.717) is 18.2 Å². The average Bonchev–Trinajstić information content (AvgIpc) is 3.25. The standard InChI is InChI=1S/C15H14BrN5O/c16-13-7-10(3-5-17-13)18-8-11-9-21-14(19-11)4-6-20(15(21)22)12-1-2-12/h3-7,9,12H,1-2,8H2,(H,17,18). The van der Waals surface area contributed by atoms with E-state index in [1.807, 2.05) is 24.4 Å². The average molecular weight is 360 g/mol. The number of hydrogen-bond donors (Lipinski definition) is 1. The summed E-state index contributed by atoms with van der Waals surface area (Å²) in [5, 5.41) is 3.28. The van der Waals surface area contributed by atoms with Crippen molar-refractivity contribution in [3.63, 3.8) is 0 Å². The summed E-state index contributed by atoms with van der Waals surface area (Å²) in [7, 11) is 0. The minimum absolute atomic E-state index is 0.00888. The van der Waals surface area contributed by atoms with Gasteiger partial charge >= 0.3 is 5.69 Å². The molecule has 0 atom stereocenters. The molecule has 1 saturated carbocycles. The molecule has 0 aliphatic heterocycles. The first-order valence-electron chi connectivity index (χ1n) is 7.15. The topological polar surface area (TPSA) is 64.2 Å². The van der Waals surface area contributed by atoms with Crippen molar-refractivity contribution < 1.29 is 0 Å². The Morgan fingerprint density at radius 2 is 2.23 bits per heavy atom. The molecule has 3 heterocycles. The number of nitrogens with zero attached hydrogens (tertiary/aromatic N) is 4. The van der Waals surface area contributed by atoms with Crippen LogP contribution in [-0.4, -0.2) is 18.9 Å². The van der Waals surface area contributed by atoms with E-state index in [1.54, 1.807) is 21.4 Å². The largest absolute Gasteiger partial charge is 0.379 e. The Morgan fingerprint density at radius 1 is 1.36 bits per heavy atom. The number of nitrogens with one attached hydrogen (secondary N) is 1. The zero-order chi connectivity index (χ0) is 15.1. The van der Waals surface area contributed by atoms with Crippen LogP contribution in [0.25, 0.3) is 5.65 Å². The third-order valence-corrected chi connectivity index (χ3v) is 4.17. The van der Waals surface area contributed by atoms with Gasteiger partial charge in [0.15, 0.2) is 0 Å². The number of hydrogen-bond acceptors (Lipinski definition) is 4. The van der Waals surface area contributed by atoms with Gasteiger partial charge < -0.3 is 5.32 Å². The van der Waals surface area contributed by atoms with Crippen molar-refractivity contribution in [1.82, 2.24) is 18.9 Å². The molecule has 1 N–H and O–H groups in total. The van der Waals surface area contributed by atoms with Gasteiger partial charge in [-0.25, -0.2) is 14.8 Å². The summed E-state index contributed by atoms with van der Waals surface area (Å²) < 4.78 is 4.20. The SMILES string of the molecule is O=c1n(C2CC2)ccc2nc(CNc3ccnc(Br)c3)cn12. The Kier molecular flexibility index (Phi) is 3.22. The molecule has 3 aromatic heterocycles. The number of pyridine rings is 1. The van der Waals surface area contributed by atoms with Gasteiger partial charge in [-0.1, -0.05) is 0 Å². The van der Waals surface area contributed by atoms with Gasteiger partial charge in [-0.05, 0) is 47.0 Å². The molecule has 0 spiro atoms. The Morgan fingerprint density at radius 3 is 3.00 bits per heavy atom. The first kappa shape index (κ1) is 13.5. The van der Waals surface area contributed by atoms with Crippen molar-refractivity contribution >= 4 is 27.3 Å². The molecule has 1 fully saturated rings. The van der Waals surface area contributed by atoms with Crippen LogP contribution < -0.4 is 11.0 Å². The van der Waals surface area contributed by atoms with Gasteiger partial charge in [-0.3, -0.25) is 8.97 Å². The van der Waals surface area contributed by atoms with E-state index >= 15 is 0 Å². The molecule has 22 heavy (non-hydrogen) atoms. The van der Waals surface area contributed by atoms with E-state index < -0.39 is 0 Å². The molecular formula is C15H14BrN5O. The van der Waals surface area contributed by atoms with Crippen LogP contribution in [0, 0.1) is 0 Å². The summed E-state index contributed by atoms with van der Waals surface area (Å²) in [5.74, 6) is 0. The predicted octanol–water partition coefficient (Wildman–Crippen LogP) is 2.60. The molecule has 1 aliphatic carbocycles. The quantitative estimate of drug-likeness (QED) is 0.727. The number of imidazole rings is 1. The molecular weight excluding hydrogens is 346 g/mol. The van der Waals surface area contributed by atoms with Crippen LogP contribution in [0.4, 0.5) is 5.69 Å². The van der Waals surface area contributed by atoms with Crippen molar-refractivity contribution in [2.45, 2.75) is 25.4 Å². The highest BCUT2D eigenvalue weighted by Crippen LogP contribution is 2.33. The Labute approximate surface area is 135 Å². The summed E-state index contributed by atoms with van der Waals surface area (Å²) in [4.78, 5) is 21.0. The summed E-state index contributed by atoms with van der Waals surface area (Å²) in [6.07, 6.45) is 7.56. The first-order valence-corrected chi connectivity index (χ1v) is 7.94. The van der Waals surface area contributed by atoms with E-state index in [-0.39, 0.29) is 5.69 Å². The zero-order valence-corrected chi connectivity index (χ0v) is 13.3. The number of fused-ring (bicyclic) bond motifs is 1. The van der Waals surface area contributed by atoms with Crippen molar-refractivity contribution in [3.05, 3.63) is 57.6 Å². The van der Waals surface area contributed by atoms with Gasteiger partial charge in [-0.15, -0.1) is 0 Å². The zero-order valence-electron chi connectivity index (χ0n) is 11.7. The molecule has 7 heteroatoms. The van der Waals surface area contributed by atoms with Crippen molar-refractivity contribution in [1.29, 1.82) is 0 Å². The highest BCUT2D eigenvalue weighted by Gasteiger charge is 2.25. The van der Waals surface area contributed by atoms with Crippen LogP contribution in [0.3, 0.4) is 0 Å². The summed E-state index contributed by atoms with van der Waals surface area (Å²) >= 11 is 3.34. The monoisotopic (exact) mass is 359 g/mol. The molecule has 1 aliphatic rings. The predicted molar refractivity (Wildman–Crippen MR) is 87.0 cm³/mol. The van der Waals surface area contributed by atoms with Crippen molar-refractivity contribution in [3.8, 4) is 0 Å². The minimum Gasteiger partial charge on any atom is -0.379 e. The Balaban J connectivity index is 1.60. The summed E-state index contributed by atoms with van der Waals surface area (Å²) in [6, 6.07) is 6.05. The van der Waals surface area contributed by atoms with Crippen LogP contribution in [0.2, 0.25) is 0 Å². The van der Waals surface area contributed by atoms with E-state index in [2.05, 4.69) is 31.2 Å². The second kappa shape index (κ2) is 5.24. The lowest BCUT2D eigenvalue weighted by Gasteiger charge is -2.03. The minimum atomic E-state index is -0.00888. The molecule has 0 amide bonds. The smallest absolute Gasteiger partial charge is 0.334 e. The second-order valence-electron chi connectivity index (χ2n) is 5.42. The van der Waals surface area contributed by atoms with Gasteiger partial charge in [0.1, 0.15) is 10.3 Å². The Bertz CT molecular complexity index is 896. The van der Waals surface area contributed by atoms with E-state index in [9.17, 15) is 4.79 Å². The number of aromatic nitrogens is 4. The number of rotatable bonds is 4. The van der Waals surface area contributed by atoms with Crippen molar-refractivity contribution in [2.24, 2.45) is 0 Å². The van der Waals surface area contributed by atoms with Crippen LogP contribution >= 0.6 is 15.9 Å². The van der Waals surface area contributed by atoms with Gasteiger partial charge in [0.05, 0.1) is 12.2 Å². The maximum atomic E-state index is 12.4. The fraction of sp³-hybridized carbons (Fsp3) is 0.267. The van der Waals surface area contributed by atoms with Crippen LogP contribution in [0.1, 0.15) is 24.6 Å². The van der Waals surface area contributed by atoms with Gasteiger partial charge in [-0.2, -0.15) is 0 Å². The van der Waals surface area contributed by atoms with Crippen molar-refractivity contribution in [2.75, 3.05) is 5.32 Å². The molecule has 6 nitrogen and oxygen atoms in total. The summed E-state index contributed by atoms with van der Waals surface area (Å²) in [6.45, 7) is 0.557. The second-order valence-corrected chi connectivity index (χ2v) is 6.23. The highest BCUT2D eigenvalue weighted by atomic mass is 79.9. The number of halogens is 1. The number of anilines is 1. The molecule has 0 aromatic carbocycles. The van der Waals surface area contributed by atoms with Gasteiger partial charge in [0, 0.05) is 30.3 Å². The molecule has 0 bridgehead atoms. The molecule has 0 unspecified atom stereocenters. The molecule has 112 valence electrons. The molecule has 0 radical (unpaired) electrons. The summed E-state index contributed by atoms with van der Waals surface area (Å²) in [5.41, 5.74) is 2.47.